The van der Waals surface area contributed by atoms with Crippen molar-refractivity contribution in [3.63, 3.8) is 0 Å². The van der Waals surface area contributed by atoms with Gasteiger partial charge in [-0.1, -0.05) is 12.1 Å². The van der Waals surface area contributed by atoms with E-state index >= 15 is 0 Å². The molecule has 3 rings (SSSR count). The SMILES string of the molecule is CCOc1ccc(S(=O)(=O)N2CCOCC2)cc1NS(=O)(=O)c1ccccc1F. The number of halogens is 1. The van der Waals surface area contributed by atoms with Gasteiger partial charge in [0, 0.05) is 13.1 Å². The van der Waals surface area contributed by atoms with Gasteiger partial charge in [-0.2, -0.15) is 4.31 Å². The second kappa shape index (κ2) is 8.66. The Balaban J connectivity index is 2.01. The normalized spacial score (nSPS) is 15.8. The predicted octanol–water partition coefficient (Wildman–Crippen LogP) is 2.05. The van der Waals surface area contributed by atoms with Crippen LogP contribution in [0.4, 0.5) is 10.1 Å². The summed E-state index contributed by atoms with van der Waals surface area (Å²) in [6.45, 7) is 2.89. The zero-order valence-electron chi connectivity index (χ0n) is 15.7. The minimum Gasteiger partial charge on any atom is -0.492 e. The maximum atomic E-state index is 14.0. The van der Waals surface area contributed by atoms with Gasteiger partial charge in [0.25, 0.3) is 10.0 Å². The van der Waals surface area contributed by atoms with Crippen molar-refractivity contribution in [2.24, 2.45) is 0 Å². The number of benzene rings is 2. The highest BCUT2D eigenvalue weighted by Gasteiger charge is 2.28. The smallest absolute Gasteiger partial charge is 0.264 e. The molecule has 1 heterocycles. The first kappa shape index (κ1) is 21.5. The van der Waals surface area contributed by atoms with Crippen molar-refractivity contribution in [3.05, 3.63) is 48.3 Å². The topological polar surface area (TPSA) is 102 Å². The van der Waals surface area contributed by atoms with Gasteiger partial charge in [-0.25, -0.2) is 21.2 Å². The lowest BCUT2D eigenvalue weighted by atomic mass is 10.3. The number of nitrogens with zero attached hydrogens (tertiary/aromatic N) is 1. The molecule has 0 bridgehead atoms. The third-order valence-corrected chi connectivity index (χ3v) is 7.52. The highest BCUT2D eigenvalue weighted by molar-refractivity contribution is 7.92. The molecule has 1 fully saturated rings. The second-order valence-corrected chi connectivity index (χ2v) is 9.73. The molecule has 0 amide bonds. The Hall–Kier alpha value is -2.21. The van der Waals surface area contributed by atoms with Gasteiger partial charge in [0.15, 0.2) is 0 Å². The molecule has 0 radical (unpaired) electrons. The molecule has 2 aromatic rings. The number of sulfonamides is 2. The van der Waals surface area contributed by atoms with Crippen molar-refractivity contribution in [2.45, 2.75) is 16.7 Å². The van der Waals surface area contributed by atoms with Crippen LogP contribution in [0.5, 0.6) is 5.75 Å². The zero-order chi connectivity index (χ0) is 21.1. The summed E-state index contributed by atoms with van der Waals surface area (Å²) >= 11 is 0. The van der Waals surface area contributed by atoms with Crippen LogP contribution in [0.15, 0.2) is 52.3 Å². The van der Waals surface area contributed by atoms with E-state index < -0.39 is 30.8 Å². The molecule has 1 saturated heterocycles. The van der Waals surface area contributed by atoms with Crippen LogP contribution in [-0.2, 0) is 24.8 Å². The van der Waals surface area contributed by atoms with Gasteiger partial charge in [0.1, 0.15) is 16.5 Å². The first-order chi connectivity index (χ1) is 13.8. The fourth-order valence-corrected chi connectivity index (χ4v) is 5.41. The molecule has 2 aromatic carbocycles. The summed E-state index contributed by atoms with van der Waals surface area (Å²) in [6.07, 6.45) is 0. The number of rotatable bonds is 7. The fourth-order valence-electron chi connectivity index (χ4n) is 2.83. The lowest BCUT2D eigenvalue weighted by Gasteiger charge is -2.26. The summed E-state index contributed by atoms with van der Waals surface area (Å²) < 4.78 is 79.2. The van der Waals surface area contributed by atoms with E-state index in [1.165, 1.54) is 34.6 Å². The molecular weight excluding hydrogens is 423 g/mol. The molecule has 1 aliphatic heterocycles. The van der Waals surface area contributed by atoms with Crippen molar-refractivity contribution in [1.82, 2.24) is 4.31 Å². The van der Waals surface area contributed by atoms with E-state index in [4.69, 9.17) is 9.47 Å². The Morgan fingerprint density at radius 2 is 1.79 bits per heavy atom. The van der Waals surface area contributed by atoms with E-state index in [0.29, 0.717) is 0 Å². The first-order valence-electron chi connectivity index (χ1n) is 8.88. The first-order valence-corrected chi connectivity index (χ1v) is 11.8. The molecular formula is C18H21FN2O6S2. The summed E-state index contributed by atoms with van der Waals surface area (Å²) in [6, 6.07) is 8.79. The van der Waals surface area contributed by atoms with Gasteiger partial charge in [-0.15, -0.1) is 0 Å². The summed E-state index contributed by atoms with van der Waals surface area (Å²) in [4.78, 5) is -0.655. The van der Waals surface area contributed by atoms with Crippen LogP contribution >= 0.6 is 0 Å². The summed E-state index contributed by atoms with van der Waals surface area (Å²) in [7, 11) is -8.16. The van der Waals surface area contributed by atoms with Crippen LogP contribution in [0.25, 0.3) is 0 Å². The Labute approximate surface area is 169 Å². The Morgan fingerprint density at radius 1 is 1.10 bits per heavy atom. The maximum Gasteiger partial charge on any atom is 0.264 e. The summed E-state index contributed by atoms with van der Waals surface area (Å²) in [5, 5.41) is 0. The van der Waals surface area contributed by atoms with E-state index in [1.807, 2.05) is 0 Å². The van der Waals surface area contributed by atoms with Crippen LogP contribution in [0, 0.1) is 5.82 Å². The van der Waals surface area contributed by atoms with Gasteiger partial charge < -0.3 is 9.47 Å². The zero-order valence-corrected chi connectivity index (χ0v) is 17.3. The van der Waals surface area contributed by atoms with E-state index in [1.54, 1.807) is 6.92 Å². The van der Waals surface area contributed by atoms with Crippen molar-refractivity contribution in [2.75, 3.05) is 37.6 Å². The highest BCUT2D eigenvalue weighted by atomic mass is 32.2. The molecule has 11 heteroatoms. The monoisotopic (exact) mass is 444 g/mol. The van der Waals surface area contributed by atoms with Crippen molar-refractivity contribution < 1.29 is 30.7 Å². The standard InChI is InChI=1S/C18H21FN2O6S2/c1-2-27-17-8-7-14(29(24,25)21-9-11-26-12-10-21)13-16(17)20-28(22,23)18-6-4-3-5-15(18)19/h3-8,13,20H,2,9-12H2,1H3. The average molecular weight is 445 g/mol. The lowest BCUT2D eigenvalue weighted by Crippen LogP contribution is -2.40. The highest BCUT2D eigenvalue weighted by Crippen LogP contribution is 2.31. The molecule has 1 N–H and O–H groups in total. The minimum absolute atomic E-state index is 0.0931. The second-order valence-electron chi connectivity index (χ2n) is 6.14. The quantitative estimate of drug-likeness (QED) is 0.701. The summed E-state index contributed by atoms with van der Waals surface area (Å²) in [5.41, 5.74) is -0.0931. The van der Waals surface area contributed by atoms with Crippen LogP contribution < -0.4 is 9.46 Å². The number of nitrogens with one attached hydrogen (secondary N) is 1. The van der Waals surface area contributed by atoms with Crippen LogP contribution in [0.2, 0.25) is 0 Å². The van der Waals surface area contributed by atoms with E-state index in [9.17, 15) is 21.2 Å². The van der Waals surface area contributed by atoms with E-state index in [2.05, 4.69) is 4.72 Å². The van der Waals surface area contributed by atoms with E-state index in [0.717, 1.165) is 12.1 Å². The minimum atomic E-state index is -4.31. The van der Waals surface area contributed by atoms with Crippen LogP contribution in [0.3, 0.4) is 0 Å². The number of hydrogen-bond acceptors (Lipinski definition) is 6. The van der Waals surface area contributed by atoms with Gasteiger partial charge in [-0.3, -0.25) is 4.72 Å². The number of morpholine rings is 1. The third-order valence-electron chi connectivity index (χ3n) is 4.23. The molecule has 29 heavy (non-hydrogen) atoms. The molecule has 0 unspecified atom stereocenters. The molecule has 1 aliphatic rings. The number of ether oxygens (including phenoxy) is 2. The Morgan fingerprint density at radius 3 is 2.45 bits per heavy atom. The molecule has 0 spiro atoms. The molecule has 158 valence electrons. The Kier molecular flexibility index (Phi) is 6.42. The number of hydrogen-bond donors (Lipinski definition) is 1. The van der Waals surface area contributed by atoms with Crippen molar-refractivity contribution >= 4 is 25.7 Å². The van der Waals surface area contributed by atoms with Gasteiger partial charge in [0.05, 0.1) is 30.4 Å². The maximum absolute atomic E-state index is 14.0. The summed E-state index contributed by atoms with van der Waals surface area (Å²) in [5.74, 6) is -0.789. The molecule has 0 aliphatic carbocycles. The van der Waals surface area contributed by atoms with Crippen molar-refractivity contribution in [3.8, 4) is 5.75 Å². The van der Waals surface area contributed by atoms with Crippen molar-refractivity contribution in [1.29, 1.82) is 0 Å². The largest absolute Gasteiger partial charge is 0.492 e. The van der Waals surface area contributed by atoms with Gasteiger partial charge >= 0.3 is 0 Å². The lowest BCUT2D eigenvalue weighted by molar-refractivity contribution is 0.0730. The predicted molar refractivity (Wildman–Crippen MR) is 104 cm³/mol. The molecule has 0 atom stereocenters. The third kappa shape index (κ3) is 4.69. The molecule has 0 aromatic heterocycles. The van der Waals surface area contributed by atoms with Gasteiger partial charge in [0.2, 0.25) is 10.0 Å². The van der Waals surface area contributed by atoms with Crippen LogP contribution in [0.1, 0.15) is 6.92 Å². The van der Waals surface area contributed by atoms with Gasteiger partial charge in [-0.05, 0) is 37.3 Å². The van der Waals surface area contributed by atoms with Crippen LogP contribution in [-0.4, -0.2) is 54.1 Å². The molecule has 0 saturated carbocycles. The van der Waals surface area contributed by atoms with E-state index in [-0.39, 0.29) is 49.2 Å². The average Bonchev–Trinajstić information content (AvgIpc) is 2.70. The molecule has 8 nitrogen and oxygen atoms in total. The fraction of sp³-hybridized carbons (Fsp3) is 0.333. The number of anilines is 1. The Bertz CT molecular complexity index is 1080.